The smallest absolute Gasteiger partial charge is 0.211 e. The molecule has 0 N–H and O–H groups in total. The second kappa shape index (κ2) is 6.57. The van der Waals surface area contributed by atoms with E-state index in [4.69, 9.17) is 4.74 Å². The number of rotatable bonds is 6. The standard InChI is InChI=1S/C17H22N2O2/c1-5-14-11-16(19(6-2)18-14)17(20)13-8-7-9-15(10-13)21-12(3)4/h7-12H,5-6H2,1-4H3. The van der Waals surface area contributed by atoms with Crippen LogP contribution >= 0.6 is 0 Å². The molecule has 1 aromatic carbocycles. The fourth-order valence-electron chi connectivity index (χ4n) is 2.20. The van der Waals surface area contributed by atoms with Crippen LogP contribution in [0.15, 0.2) is 30.3 Å². The Morgan fingerprint density at radius 1 is 1.29 bits per heavy atom. The number of hydrogen-bond donors (Lipinski definition) is 0. The van der Waals surface area contributed by atoms with Crippen molar-refractivity contribution in [1.29, 1.82) is 0 Å². The van der Waals surface area contributed by atoms with Crippen molar-refractivity contribution in [3.05, 3.63) is 47.3 Å². The molecule has 21 heavy (non-hydrogen) atoms. The Morgan fingerprint density at radius 3 is 2.67 bits per heavy atom. The Labute approximate surface area is 125 Å². The van der Waals surface area contributed by atoms with Crippen LogP contribution in [0.1, 0.15) is 49.4 Å². The highest BCUT2D eigenvalue weighted by Gasteiger charge is 2.16. The van der Waals surface area contributed by atoms with Crippen molar-refractivity contribution in [2.45, 2.75) is 46.8 Å². The maximum Gasteiger partial charge on any atom is 0.211 e. The largest absolute Gasteiger partial charge is 0.491 e. The maximum absolute atomic E-state index is 12.7. The van der Waals surface area contributed by atoms with Crippen LogP contribution in [0.4, 0.5) is 0 Å². The summed E-state index contributed by atoms with van der Waals surface area (Å²) in [5, 5.41) is 4.43. The third-order valence-electron chi connectivity index (χ3n) is 3.19. The molecule has 0 amide bonds. The Morgan fingerprint density at radius 2 is 2.05 bits per heavy atom. The lowest BCUT2D eigenvalue weighted by molar-refractivity contribution is 0.102. The molecule has 0 atom stereocenters. The fourth-order valence-corrected chi connectivity index (χ4v) is 2.20. The van der Waals surface area contributed by atoms with E-state index in [1.54, 1.807) is 10.7 Å². The molecule has 0 saturated carbocycles. The zero-order valence-electron chi connectivity index (χ0n) is 13.1. The molecule has 1 heterocycles. The number of nitrogens with zero attached hydrogens (tertiary/aromatic N) is 2. The molecule has 2 rings (SSSR count). The van der Waals surface area contributed by atoms with E-state index in [1.165, 1.54) is 0 Å². The Bertz CT molecular complexity index is 629. The van der Waals surface area contributed by atoms with Gasteiger partial charge in [-0.3, -0.25) is 9.48 Å². The van der Waals surface area contributed by atoms with Crippen LogP contribution in [-0.2, 0) is 13.0 Å². The lowest BCUT2D eigenvalue weighted by atomic mass is 10.1. The van der Waals surface area contributed by atoms with Crippen LogP contribution in [0.3, 0.4) is 0 Å². The van der Waals surface area contributed by atoms with Gasteiger partial charge in [0, 0.05) is 12.1 Å². The first kappa shape index (κ1) is 15.3. The molecule has 0 aliphatic rings. The lowest BCUT2D eigenvalue weighted by Crippen LogP contribution is -2.11. The molecule has 0 aliphatic carbocycles. The second-order valence-electron chi connectivity index (χ2n) is 5.21. The van der Waals surface area contributed by atoms with Crippen molar-refractivity contribution in [3.8, 4) is 5.75 Å². The molecule has 4 heteroatoms. The number of ketones is 1. The number of hydrogen-bond acceptors (Lipinski definition) is 3. The van der Waals surface area contributed by atoms with Crippen molar-refractivity contribution < 1.29 is 9.53 Å². The second-order valence-corrected chi connectivity index (χ2v) is 5.21. The number of carbonyl (C=O) groups is 1. The number of aromatic nitrogens is 2. The summed E-state index contributed by atoms with van der Waals surface area (Å²) in [5.41, 5.74) is 2.20. The average molecular weight is 286 g/mol. The van der Waals surface area contributed by atoms with Gasteiger partial charge in [0.2, 0.25) is 5.78 Å². The van der Waals surface area contributed by atoms with E-state index in [1.807, 2.05) is 52.0 Å². The van der Waals surface area contributed by atoms with Crippen molar-refractivity contribution in [2.24, 2.45) is 0 Å². The zero-order valence-corrected chi connectivity index (χ0v) is 13.1. The first-order valence-corrected chi connectivity index (χ1v) is 7.43. The molecule has 112 valence electrons. The van der Waals surface area contributed by atoms with Crippen molar-refractivity contribution in [2.75, 3.05) is 0 Å². The summed E-state index contributed by atoms with van der Waals surface area (Å²) in [6.07, 6.45) is 0.910. The molecule has 0 saturated heterocycles. The van der Waals surface area contributed by atoms with Crippen LogP contribution in [0.2, 0.25) is 0 Å². The topological polar surface area (TPSA) is 44.1 Å². The van der Waals surface area contributed by atoms with Gasteiger partial charge in [-0.05, 0) is 45.4 Å². The molecule has 1 aromatic heterocycles. The fraction of sp³-hybridized carbons (Fsp3) is 0.412. The van der Waals surface area contributed by atoms with Gasteiger partial charge in [0.25, 0.3) is 0 Å². The van der Waals surface area contributed by atoms with Crippen molar-refractivity contribution in [3.63, 3.8) is 0 Å². The van der Waals surface area contributed by atoms with Crippen LogP contribution in [0.25, 0.3) is 0 Å². The van der Waals surface area contributed by atoms with Crippen LogP contribution in [0, 0.1) is 0 Å². The first-order chi connectivity index (χ1) is 10.0. The van der Waals surface area contributed by atoms with Gasteiger partial charge in [-0.15, -0.1) is 0 Å². The molecule has 0 radical (unpaired) electrons. The van der Waals surface area contributed by atoms with Gasteiger partial charge in [-0.25, -0.2) is 0 Å². The van der Waals surface area contributed by atoms with E-state index in [0.29, 0.717) is 23.6 Å². The van der Waals surface area contributed by atoms with Gasteiger partial charge in [0.1, 0.15) is 11.4 Å². The number of ether oxygens (including phenoxy) is 1. The Balaban J connectivity index is 2.33. The van der Waals surface area contributed by atoms with E-state index < -0.39 is 0 Å². The predicted molar refractivity (Wildman–Crippen MR) is 82.9 cm³/mol. The van der Waals surface area contributed by atoms with E-state index in [-0.39, 0.29) is 11.9 Å². The van der Waals surface area contributed by atoms with E-state index >= 15 is 0 Å². The van der Waals surface area contributed by atoms with Gasteiger partial charge in [-0.1, -0.05) is 19.1 Å². The molecule has 0 unspecified atom stereocenters. The Kier molecular flexibility index (Phi) is 4.78. The van der Waals surface area contributed by atoms with E-state index in [9.17, 15) is 4.79 Å². The Hall–Kier alpha value is -2.10. The lowest BCUT2D eigenvalue weighted by Gasteiger charge is -2.10. The van der Waals surface area contributed by atoms with Crippen LogP contribution in [-0.4, -0.2) is 21.7 Å². The van der Waals surface area contributed by atoms with Crippen molar-refractivity contribution >= 4 is 5.78 Å². The minimum Gasteiger partial charge on any atom is -0.491 e. The molecular formula is C17H22N2O2. The highest BCUT2D eigenvalue weighted by molar-refractivity contribution is 6.08. The third-order valence-corrected chi connectivity index (χ3v) is 3.19. The van der Waals surface area contributed by atoms with E-state index in [0.717, 1.165) is 12.1 Å². The average Bonchev–Trinajstić information content (AvgIpc) is 2.89. The molecule has 4 nitrogen and oxygen atoms in total. The number of benzene rings is 1. The minimum absolute atomic E-state index is 0.0155. The molecule has 2 aromatic rings. The molecule has 0 bridgehead atoms. The van der Waals surface area contributed by atoms with Gasteiger partial charge in [0.05, 0.1) is 11.8 Å². The maximum atomic E-state index is 12.7. The third kappa shape index (κ3) is 3.51. The summed E-state index contributed by atoms with van der Waals surface area (Å²) in [4.78, 5) is 12.7. The van der Waals surface area contributed by atoms with Crippen LogP contribution in [0.5, 0.6) is 5.75 Å². The molecule has 0 spiro atoms. The molecular weight excluding hydrogens is 264 g/mol. The summed E-state index contributed by atoms with van der Waals surface area (Å²) < 4.78 is 7.41. The highest BCUT2D eigenvalue weighted by Crippen LogP contribution is 2.18. The SMILES string of the molecule is CCc1cc(C(=O)c2cccc(OC(C)C)c2)n(CC)n1. The highest BCUT2D eigenvalue weighted by atomic mass is 16.5. The van der Waals surface area contributed by atoms with Crippen LogP contribution < -0.4 is 4.74 Å². The quantitative estimate of drug-likeness (QED) is 0.764. The van der Waals surface area contributed by atoms with Gasteiger partial charge in [-0.2, -0.15) is 5.10 Å². The monoisotopic (exact) mass is 286 g/mol. The van der Waals surface area contributed by atoms with Gasteiger partial charge >= 0.3 is 0 Å². The molecule has 0 fully saturated rings. The summed E-state index contributed by atoms with van der Waals surface area (Å²) in [6, 6.07) is 9.20. The normalized spacial score (nSPS) is 10.9. The first-order valence-electron chi connectivity index (χ1n) is 7.43. The number of carbonyl (C=O) groups excluding carboxylic acids is 1. The zero-order chi connectivity index (χ0) is 15.4. The summed E-state index contributed by atoms with van der Waals surface area (Å²) in [7, 11) is 0. The minimum atomic E-state index is -0.0155. The summed E-state index contributed by atoms with van der Waals surface area (Å²) >= 11 is 0. The predicted octanol–water partition coefficient (Wildman–Crippen LogP) is 3.48. The summed E-state index contributed by atoms with van der Waals surface area (Å²) in [5.74, 6) is 0.701. The molecule has 0 aliphatic heterocycles. The number of aryl methyl sites for hydroxylation is 2. The van der Waals surface area contributed by atoms with E-state index in [2.05, 4.69) is 5.10 Å². The van der Waals surface area contributed by atoms with Crippen molar-refractivity contribution in [1.82, 2.24) is 9.78 Å². The van der Waals surface area contributed by atoms with Gasteiger partial charge < -0.3 is 4.74 Å². The summed E-state index contributed by atoms with van der Waals surface area (Å²) in [6.45, 7) is 8.64. The van der Waals surface area contributed by atoms with Gasteiger partial charge in [0.15, 0.2) is 0 Å².